The Hall–Kier alpha value is 1.25. The van der Waals surface area contributed by atoms with Crippen molar-refractivity contribution in [1.29, 1.82) is 0 Å². The third-order valence-electron chi connectivity index (χ3n) is 0.568. The monoisotopic (exact) mass is 238 g/mol. The summed E-state index contributed by atoms with van der Waals surface area (Å²) < 4.78 is 1.65. The first-order valence-electron chi connectivity index (χ1n) is 1.74. The van der Waals surface area contributed by atoms with Crippen molar-refractivity contribution >= 4 is 34.6 Å². The van der Waals surface area contributed by atoms with Crippen molar-refractivity contribution in [2.75, 3.05) is 0 Å². The Bertz CT molecular complexity index is 72.9. The molecule has 1 aliphatic rings. The van der Waals surface area contributed by atoms with Crippen molar-refractivity contribution in [3.63, 3.8) is 0 Å². The molecule has 0 nitrogen and oxygen atoms in total. The fourth-order valence-corrected chi connectivity index (χ4v) is 11.2. The molecule has 0 saturated carbocycles. The quantitative estimate of drug-likeness (QED) is 0.507. The predicted octanol–water partition coefficient (Wildman–Crippen LogP) is -0.334. The van der Waals surface area contributed by atoms with Gasteiger partial charge in [0.2, 0.25) is 0 Å². The van der Waals surface area contributed by atoms with Crippen molar-refractivity contribution in [2.24, 2.45) is 0 Å². The van der Waals surface area contributed by atoms with Gasteiger partial charge in [-0.25, -0.2) is 0 Å². The first kappa shape index (κ1) is 4.41. The molecule has 28 valence electrons. The van der Waals surface area contributed by atoms with E-state index in [1.807, 2.05) is 0 Å². The number of hydrogen-bond acceptors (Lipinski definition) is 0. The van der Waals surface area contributed by atoms with Gasteiger partial charge in [-0.05, 0) is 0 Å². The molecule has 1 rings (SSSR count). The molecule has 0 saturated heterocycles. The Labute approximate surface area is 45.2 Å². The van der Waals surface area contributed by atoms with Crippen LogP contribution < -0.4 is 0 Å². The molecule has 1 unspecified atom stereocenters. The number of hydrogen-bond donors (Lipinski definition) is 0. The standard InChI is InChI=1S/C3H6As.Sb/c1-2-3-4;/h3-4H,1-2H2;. The van der Waals surface area contributed by atoms with Gasteiger partial charge < -0.3 is 0 Å². The molecule has 0 bridgehead atoms. The average molecular weight is 239 g/mol. The van der Waals surface area contributed by atoms with E-state index in [1.54, 1.807) is 4.37 Å². The second-order valence-electron chi connectivity index (χ2n) is 1.00. The van der Waals surface area contributed by atoms with Crippen LogP contribution in [0, 0.1) is 0 Å². The molecule has 0 amide bonds. The summed E-state index contributed by atoms with van der Waals surface area (Å²) in [5.41, 5.74) is 0. The van der Waals surface area contributed by atoms with Gasteiger partial charge in [0.15, 0.2) is 0 Å². The van der Waals surface area contributed by atoms with E-state index in [0.29, 0.717) is 29.8 Å². The zero-order valence-corrected chi connectivity index (χ0v) is 7.59. The molecule has 0 aromatic rings. The summed E-state index contributed by atoms with van der Waals surface area (Å²) in [7, 11) is 0. The van der Waals surface area contributed by atoms with Crippen LogP contribution in [0.4, 0.5) is 0 Å². The van der Waals surface area contributed by atoms with E-state index in [-0.39, 0.29) is 0 Å². The fraction of sp³-hybridized carbons (Fsp3) is 0.667. The minimum absolute atomic E-state index is 0.536. The number of rotatable bonds is 0. The Balaban J connectivity index is 2.64. The predicted molar refractivity (Wildman–Crippen MR) is 28.4 cm³/mol. The molecule has 0 radical (unpaired) electrons. The normalized spacial score (nSPS) is 22.4. The van der Waals surface area contributed by atoms with Crippen molar-refractivity contribution in [1.82, 2.24) is 0 Å². The van der Waals surface area contributed by atoms with E-state index in [0.717, 1.165) is 0 Å². The van der Waals surface area contributed by atoms with Gasteiger partial charge in [0.25, 0.3) is 0 Å². The summed E-state index contributed by atoms with van der Waals surface area (Å²) in [5.74, 6) is 0. The summed E-state index contributed by atoms with van der Waals surface area (Å²) in [5, 5.41) is 0. The van der Waals surface area contributed by atoms with E-state index in [9.17, 15) is 0 Å². The van der Waals surface area contributed by atoms with Crippen LogP contribution >= 0.6 is 0 Å². The van der Waals surface area contributed by atoms with Crippen molar-refractivity contribution in [2.45, 2.75) is 10.8 Å². The van der Waals surface area contributed by atoms with Gasteiger partial charge in [-0.15, -0.1) is 0 Å². The van der Waals surface area contributed by atoms with E-state index >= 15 is 0 Å². The molecule has 0 fully saturated rings. The van der Waals surface area contributed by atoms with E-state index in [2.05, 4.69) is 4.81 Å². The first-order chi connectivity index (χ1) is 2.50. The maximum atomic E-state index is 2.55. The molecule has 0 aromatic carbocycles. The van der Waals surface area contributed by atoms with E-state index in [1.165, 1.54) is 6.42 Å². The van der Waals surface area contributed by atoms with Crippen LogP contribution in [-0.2, 0) is 0 Å². The SMILES string of the molecule is C1=[AsH]=[Sb][CH2]C1. The average Bonchev–Trinajstić information content (AvgIpc) is 1.76. The maximum absolute atomic E-state index is 2.55. The molecule has 1 heterocycles. The second-order valence-corrected chi connectivity index (χ2v) is 12.9. The van der Waals surface area contributed by atoms with Gasteiger partial charge in [-0.3, -0.25) is 0 Å². The van der Waals surface area contributed by atoms with E-state index < -0.39 is 0 Å². The zero-order chi connectivity index (χ0) is 3.54. The topological polar surface area (TPSA) is 0 Å². The van der Waals surface area contributed by atoms with Crippen LogP contribution in [0.1, 0.15) is 6.42 Å². The van der Waals surface area contributed by atoms with Crippen molar-refractivity contribution in [3.05, 3.63) is 0 Å². The molecule has 2 heteroatoms. The summed E-state index contributed by atoms with van der Waals surface area (Å²) in [6, 6.07) is 0. The van der Waals surface area contributed by atoms with Gasteiger partial charge in [-0.1, -0.05) is 0 Å². The molecule has 0 aliphatic carbocycles. The molecule has 1 aliphatic heterocycles. The first-order valence-corrected chi connectivity index (χ1v) is 12.3. The molecule has 0 aromatic heterocycles. The van der Waals surface area contributed by atoms with Gasteiger partial charge in [0.05, 0.1) is 0 Å². The minimum atomic E-state index is 0.536. The third-order valence-corrected chi connectivity index (χ3v) is 11.9. The molecule has 5 heavy (non-hydrogen) atoms. The van der Waals surface area contributed by atoms with Gasteiger partial charge in [0.1, 0.15) is 0 Å². The van der Waals surface area contributed by atoms with Crippen LogP contribution in [-0.4, -0.2) is 34.6 Å². The molecule has 1 atom stereocenters. The van der Waals surface area contributed by atoms with Crippen LogP contribution in [0.25, 0.3) is 0 Å². The van der Waals surface area contributed by atoms with Crippen LogP contribution in [0.3, 0.4) is 0 Å². The fourth-order valence-electron chi connectivity index (χ4n) is 0.323. The zero-order valence-electron chi connectivity index (χ0n) is 2.94. The molecular weight excluding hydrogens is 233 g/mol. The molecule has 0 N–H and O–H groups in total. The van der Waals surface area contributed by atoms with Crippen LogP contribution in [0.5, 0.6) is 0 Å². The molecular formula is C3H6AsSb. The Morgan fingerprint density at radius 3 is 3.00 bits per heavy atom. The third kappa shape index (κ3) is 1.42. The Kier molecular flexibility index (Phi) is 2.14. The second kappa shape index (κ2) is 2.42. The summed E-state index contributed by atoms with van der Waals surface area (Å²) >= 11 is 1.20. The van der Waals surface area contributed by atoms with Crippen molar-refractivity contribution in [3.8, 4) is 0 Å². The summed E-state index contributed by atoms with van der Waals surface area (Å²) in [6.07, 6.45) is 1.50. The van der Waals surface area contributed by atoms with Crippen molar-refractivity contribution < 1.29 is 0 Å². The Morgan fingerprint density at radius 1 is 1.80 bits per heavy atom. The van der Waals surface area contributed by atoms with E-state index in [4.69, 9.17) is 0 Å². The van der Waals surface area contributed by atoms with Gasteiger partial charge in [-0.2, -0.15) is 0 Å². The van der Waals surface area contributed by atoms with Crippen LogP contribution in [0.15, 0.2) is 0 Å². The summed E-state index contributed by atoms with van der Waals surface area (Å²) in [6.45, 7) is 0. The molecule has 0 spiro atoms. The van der Waals surface area contributed by atoms with Crippen LogP contribution in [0.2, 0.25) is 4.37 Å². The van der Waals surface area contributed by atoms with Gasteiger partial charge in [0, 0.05) is 0 Å². The van der Waals surface area contributed by atoms with Gasteiger partial charge >= 0.3 is 45.4 Å². The Morgan fingerprint density at radius 2 is 2.80 bits per heavy atom. The summed E-state index contributed by atoms with van der Waals surface area (Å²) in [4.78, 5) is 2.55.